The molecule has 1 aromatic carbocycles. The Balaban J connectivity index is 1.89. The fourth-order valence-corrected chi connectivity index (χ4v) is 5.05. The summed E-state index contributed by atoms with van der Waals surface area (Å²) in [5.74, 6) is 0.434. The molecule has 0 saturated carbocycles. The van der Waals surface area contributed by atoms with Gasteiger partial charge in [0.1, 0.15) is 16.6 Å². The zero-order valence-electron chi connectivity index (χ0n) is 17.8. The second-order valence-corrected chi connectivity index (χ2v) is 8.49. The van der Waals surface area contributed by atoms with Crippen LogP contribution in [0.5, 0.6) is 11.5 Å². The van der Waals surface area contributed by atoms with Crippen molar-refractivity contribution >= 4 is 34.2 Å². The predicted molar refractivity (Wildman–Crippen MR) is 120 cm³/mol. The minimum atomic E-state index is -0.593. The van der Waals surface area contributed by atoms with E-state index in [1.54, 1.807) is 18.2 Å². The molecule has 1 aromatic heterocycles. The van der Waals surface area contributed by atoms with Gasteiger partial charge in [-0.05, 0) is 61.4 Å². The van der Waals surface area contributed by atoms with Crippen LogP contribution in [-0.2, 0) is 17.6 Å². The molecule has 0 radical (unpaired) electrons. The summed E-state index contributed by atoms with van der Waals surface area (Å²) in [6.45, 7) is 4.52. The largest absolute Gasteiger partial charge is 0.493 e. The van der Waals surface area contributed by atoms with Crippen LogP contribution in [0.25, 0.3) is 6.08 Å². The normalized spacial score (nSPS) is 15.5. The SMILES string of the molecule is CCOc1ccc(C=C(C#N)C(=O)Nc2sc3c(c2C(N)=O)CCC(C)C3)cc1OC. The number of carbonyl (C=O) groups excluding carboxylic acids is 2. The van der Waals surface area contributed by atoms with E-state index in [1.807, 2.05) is 13.0 Å². The number of nitriles is 1. The molecule has 2 amide bonds. The van der Waals surface area contributed by atoms with Crippen molar-refractivity contribution in [2.75, 3.05) is 19.0 Å². The highest BCUT2D eigenvalue weighted by Gasteiger charge is 2.27. The fourth-order valence-electron chi connectivity index (χ4n) is 3.63. The maximum atomic E-state index is 12.8. The number of hydrogen-bond acceptors (Lipinski definition) is 6. The first-order chi connectivity index (χ1) is 14.9. The van der Waals surface area contributed by atoms with E-state index in [0.717, 1.165) is 29.7 Å². The lowest BCUT2D eigenvalue weighted by molar-refractivity contribution is -0.112. The van der Waals surface area contributed by atoms with Crippen LogP contribution in [-0.4, -0.2) is 25.5 Å². The number of thiophene rings is 1. The summed E-state index contributed by atoms with van der Waals surface area (Å²) in [6, 6.07) is 7.08. The van der Waals surface area contributed by atoms with Crippen LogP contribution in [0.2, 0.25) is 0 Å². The molecule has 1 atom stereocenters. The van der Waals surface area contributed by atoms with Crippen LogP contribution >= 0.6 is 11.3 Å². The monoisotopic (exact) mass is 439 g/mol. The van der Waals surface area contributed by atoms with Crippen LogP contribution in [0.3, 0.4) is 0 Å². The van der Waals surface area contributed by atoms with Crippen molar-refractivity contribution in [3.8, 4) is 17.6 Å². The third kappa shape index (κ3) is 4.89. The third-order valence-electron chi connectivity index (χ3n) is 5.15. The molecule has 1 aliphatic rings. The molecule has 0 saturated heterocycles. The van der Waals surface area contributed by atoms with Gasteiger partial charge in [0.15, 0.2) is 11.5 Å². The Morgan fingerprint density at radius 1 is 1.39 bits per heavy atom. The zero-order valence-corrected chi connectivity index (χ0v) is 18.6. The molecule has 162 valence electrons. The first kappa shape index (κ1) is 22.4. The zero-order chi connectivity index (χ0) is 22.5. The molecule has 0 spiro atoms. The van der Waals surface area contributed by atoms with Crippen molar-refractivity contribution in [3.63, 3.8) is 0 Å². The summed E-state index contributed by atoms with van der Waals surface area (Å²) in [5.41, 5.74) is 7.41. The molecule has 1 aliphatic carbocycles. The Morgan fingerprint density at radius 3 is 2.81 bits per heavy atom. The van der Waals surface area contributed by atoms with E-state index in [-0.39, 0.29) is 5.57 Å². The summed E-state index contributed by atoms with van der Waals surface area (Å²) in [6.07, 6.45) is 4.05. The van der Waals surface area contributed by atoms with Gasteiger partial charge in [0.25, 0.3) is 11.8 Å². The lowest BCUT2D eigenvalue weighted by atomic mass is 9.88. The number of benzene rings is 1. The van der Waals surface area contributed by atoms with Gasteiger partial charge in [-0.2, -0.15) is 5.26 Å². The van der Waals surface area contributed by atoms with Crippen molar-refractivity contribution in [2.45, 2.75) is 33.1 Å². The Hall–Kier alpha value is -3.31. The van der Waals surface area contributed by atoms with E-state index in [0.29, 0.717) is 40.2 Å². The summed E-state index contributed by atoms with van der Waals surface area (Å²) in [4.78, 5) is 26.0. The number of nitrogens with zero attached hydrogens (tertiary/aromatic N) is 1. The van der Waals surface area contributed by atoms with Gasteiger partial charge in [0, 0.05) is 4.88 Å². The molecule has 1 unspecified atom stereocenters. The highest BCUT2D eigenvalue weighted by molar-refractivity contribution is 7.17. The highest BCUT2D eigenvalue weighted by atomic mass is 32.1. The van der Waals surface area contributed by atoms with Gasteiger partial charge in [-0.3, -0.25) is 9.59 Å². The fraction of sp³-hybridized carbons (Fsp3) is 0.348. The van der Waals surface area contributed by atoms with Crippen molar-refractivity contribution in [3.05, 3.63) is 45.3 Å². The van der Waals surface area contributed by atoms with E-state index < -0.39 is 11.8 Å². The molecule has 0 fully saturated rings. The quantitative estimate of drug-likeness (QED) is 0.501. The van der Waals surface area contributed by atoms with Crippen molar-refractivity contribution < 1.29 is 19.1 Å². The van der Waals surface area contributed by atoms with Crippen molar-refractivity contribution in [2.24, 2.45) is 11.7 Å². The van der Waals surface area contributed by atoms with E-state index in [2.05, 4.69) is 12.2 Å². The van der Waals surface area contributed by atoms with Crippen molar-refractivity contribution in [1.29, 1.82) is 5.26 Å². The number of ether oxygens (including phenoxy) is 2. The van der Waals surface area contributed by atoms with Crippen LogP contribution < -0.4 is 20.5 Å². The molecule has 8 heteroatoms. The van der Waals surface area contributed by atoms with Crippen LogP contribution in [0.1, 0.15) is 46.6 Å². The summed E-state index contributed by atoms with van der Waals surface area (Å²) >= 11 is 1.36. The van der Waals surface area contributed by atoms with E-state index in [1.165, 1.54) is 24.5 Å². The van der Waals surface area contributed by atoms with Gasteiger partial charge in [-0.15, -0.1) is 11.3 Å². The summed E-state index contributed by atoms with van der Waals surface area (Å²) in [7, 11) is 1.52. The Kier molecular flexibility index (Phi) is 6.98. The standard InChI is InChI=1S/C23H25N3O4S/c1-4-30-17-8-6-14(11-18(17)29-3)10-15(12-24)22(28)26-23-20(21(25)27)16-7-5-13(2)9-19(16)31-23/h6,8,10-11,13H,4-5,7,9H2,1-3H3,(H2,25,27)(H,26,28). The molecule has 1 heterocycles. The Labute approximate surface area is 185 Å². The van der Waals surface area contributed by atoms with Gasteiger partial charge in [0.2, 0.25) is 0 Å². The highest BCUT2D eigenvalue weighted by Crippen LogP contribution is 2.39. The number of primary amides is 1. The van der Waals surface area contributed by atoms with Crippen LogP contribution in [0.15, 0.2) is 23.8 Å². The van der Waals surface area contributed by atoms with Gasteiger partial charge < -0.3 is 20.5 Å². The summed E-state index contributed by atoms with van der Waals surface area (Å²) < 4.78 is 10.8. The predicted octanol–water partition coefficient (Wildman–Crippen LogP) is 3.92. The van der Waals surface area contributed by atoms with Gasteiger partial charge in [-0.1, -0.05) is 13.0 Å². The third-order valence-corrected chi connectivity index (χ3v) is 6.32. The summed E-state index contributed by atoms with van der Waals surface area (Å²) in [5, 5.41) is 12.7. The second-order valence-electron chi connectivity index (χ2n) is 7.39. The number of rotatable bonds is 7. The smallest absolute Gasteiger partial charge is 0.266 e. The minimum absolute atomic E-state index is 0.0960. The number of anilines is 1. The molecular weight excluding hydrogens is 414 g/mol. The molecular formula is C23H25N3O4S. The number of fused-ring (bicyclic) bond motifs is 1. The van der Waals surface area contributed by atoms with E-state index >= 15 is 0 Å². The number of amides is 2. The maximum Gasteiger partial charge on any atom is 0.266 e. The van der Waals surface area contributed by atoms with E-state index in [9.17, 15) is 14.9 Å². The molecule has 31 heavy (non-hydrogen) atoms. The lowest BCUT2D eigenvalue weighted by Gasteiger charge is -2.18. The molecule has 2 aromatic rings. The molecule has 3 rings (SSSR count). The number of methoxy groups -OCH3 is 1. The average molecular weight is 440 g/mol. The lowest BCUT2D eigenvalue weighted by Crippen LogP contribution is -2.19. The molecule has 0 bridgehead atoms. The molecule has 7 nitrogen and oxygen atoms in total. The van der Waals surface area contributed by atoms with E-state index in [4.69, 9.17) is 15.2 Å². The van der Waals surface area contributed by atoms with Crippen LogP contribution in [0.4, 0.5) is 5.00 Å². The van der Waals surface area contributed by atoms with Crippen LogP contribution in [0, 0.1) is 17.2 Å². The van der Waals surface area contributed by atoms with Crippen molar-refractivity contribution in [1.82, 2.24) is 0 Å². The Morgan fingerprint density at radius 2 is 2.16 bits per heavy atom. The number of nitrogens with two attached hydrogens (primary N) is 1. The van der Waals surface area contributed by atoms with Gasteiger partial charge >= 0.3 is 0 Å². The first-order valence-corrected chi connectivity index (χ1v) is 10.9. The number of nitrogens with one attached hydrogen (secondary N) is 1. The molecule has 3 N–H and O–H groups in total. The second kappa shape index (κ2) is 9.67. The van der Waals surface area contributed by atoms with Gasteiger partial charge in [0.05, 0.1) is 19.3 Å². The first-order valence-electron chi connectivity index (χ1n) is 10.1. The van der Waals surface area contributed by atoms with Gasteiger partial charge in [-0.25, -0.2) is 0 Å². The topological polar surface area (TPSA) is 114 Å². The Bertz CT molecular complexity index is 1080. The average Bonchev–Trinajstić information content (AvgIpc) is 3.09. The maximum absolute atomic E-state index is 12.8. The molecule has 0 aliphatic heterocycles. The number of hydrogen-bond donors (Lipinski definition) is 2. The minimum Gasteiger partial charge on any atom is -0.493 e. The number of carbonyl (C=O) groups is 2.